The van der Waals surface area contributed by atoms with Gasteiger partial charge in [0.05, 0.1) is 18.6 Å². The zero-order valence-electron chi connectivity index (χ0n) is 16.5. The summed E-state index contributed by atoms with van der Waals surface area (Å²) in [5, 5.41) is 0. The molecule has 0 spiro atoms. The highest BCUT2D eigenvalue weighted by Gasteiger charge is 2.36. The Bertz CT molecular complexity index is 833. The standard InChI is InChI=1S/C20H27NO6S/c1-4-15(2)21(17-11-12-28(24,25)14-17)19(22)13-27-20(23)10-9-16-7-5-6-8-18(16)26-3/h5-10,15,17H,4,11-14H2,1-3H3/b10-9+/t15-,17-/m1/s1. The van der Waals surface area contributed by atoms with Crippen molar-refractivity contribution in [2.75, 3.05) is 25.2 Å². The molecule has 1 fully saturated rings. The first-order chi connectivity index (χ1) is 13.3. The van der Waals surface area contributed by atoms with Crippen molar-refractivity contribution in [2.45, 2.75) is 38.8 Å². The average molecular weight is 410 g/mol. The van der Waals surface area contributed by atoms with Crippen LogP contribution >= 0.6 is 0 Å². The molecule has 154 valence electrons. The summed E-state index contributed by atoms with van der Waals surface area (Å²) in [5.41, 5.74) is 0.714. The molecule has 28 heavy (non-hydrogen) atoms. The van der Waals surface area contributed by atoms with Crippen molar-refractivity contribution < 1.29 is 27.5 Å². The summed E-state index contributed by atoms with van der Waals surface area (Å²) in [6.45, 7) is 3.37. The third-order valence-corrected chi connectivity index (χ3v) is 6.58. The lowest BCUT2D eigenvalue weighted by molar-refractivity contribution is -0.150. The first-order valence-electron chi connectivity index (χ1n) is 9.26. The molecule has 0 aliphatic carbocycles. The van der Waals surface area contributed by atoms with E-state index < -0.39 is 22.4 Å². The first-order valence-corrected chi connectivity index (χ1v) is 11.1. The molecule has 1 aliphatic rings. The van der Waals surface area contributed by atoms with Gasteiger partial charge in [0.25, 0.3) is 5.91 Å². The molecule has 2 rings (SSSR count). The van der Waals surface area contributed by atoms with Gasteiger partial charge in [-0.2, -0.15) is 0 Å². The van der Waals surface area contributed by atoms with Gasteiger partial charge in [0.2, 0.25) is 0 Å². The van der Waals surface area contributed by atoms with Gasteiger partial charge in [-0.25, -0.2) is 13.2 Å². The van der Waals surface area contributed by atoms with Gasteiger partial charge in [0.1, 0.15) is 5.75 Å². The lowest BCUT2D eigenvalue weighted by Crippen LogP contribution is -2.48. The van der Waals surface area contributed by atoms with E-state index >= 15 is 0 Å². The van der Waals surface area contributed by atoms with Crippen molar-refractivity contribution >= 4 is 27.8 Å². The summed E-state index contributed by atoms with van der Waals surface area (Å²) < 4.78 is 33.8. The van der Waals surface area contributed by atoms with Gasteiger partial charge in [-0.15, -0.1) is 0 Å². The summed E-state index contributed by atoms with van der Waals surface area (Å²) in [4.78, 5) is 26.2. The van der Waals surface area contributed by atoms with Crippen LogP contribution in [0.25, 0.3) is 6.08 Å². The number of sulfone groups is 1. The number of para-hydroxylation sites is 1. The maximum Gasteiger partial charge on any atom is 0.331 e. The molecule has 8 heteroatoms. The van der Waals surface area contributed by atoms with Crippen LogP contribution in [0.2, 0.25) is 0 Å². The quantitative estimate of drug-likeness (QED) is 0.482. The monoisotopic (exact) mass is 409 g/mol. The van der Waals surface area contributed by atoms with Crippen molar-refractivity contribution in [2.24, 2.45) is 0 Å². The fraction of sp³-hybridized carbons (Fsp3) is 0.500. The van der Waals surface area contributed by atoms with Gasteiger partial charge in [-0.1, -0.05) is 25.1 Å². The first kappa shape index (κ1) is 21.9. The van der Waals surface area contributed by atoms with Crippen LogP contribution < -0.4 is 4.74 Å². The van der Waals surface area contributed by atoms with E-state index in [0.717, 1.165) is 0 Å². The number of ether oxygens (including phenoxy) is 2. The van der Waals surface area contributed by atoms with Crippen molar-refractivity contribution in [1.82, 2.24) is 4.90 Å². The second-order valence-corrected chi connectivity index (χ2v) is 9.03. The van der Waals surface area contributed by atoms with E-state index in [-0.39, 0.29) is 29.5 Å². The number of hydrogen-bond donors (Lipinski definition) is 0. The van der Waals surface area contributed by atoms with E-state index in [4.69, 9.17) is 9.47 Å². The van der Waals surface area contributed by atoms with Crippen molar-refractivity contribution in [1.29, 1.82) is 0 Å². The lowest BCUT2D eigenvalue weighted by atomic mass is 10.1. The van der Waals surface area contributed by atoms with Gasteiger partial charge in [0.15, 0.2) is 16.4 Å². The van der Waals surface area contributed by atoms with Crippen LogP contribution in [0.4, 0.5) is 0 Å². The lowest BCUT2D eigenvalue weighted by Gasteiger charge is -2.33. The molecular weight excluding hydrogens is 382 g/mol. The fourth-order valence-corrected chi connectivity index (χ4v) is 4.93. The van der Waals surface area contributed by atoms with Gasteiger partial charge in [-0.3, -0.25) is 4.79 Å². The average Bonchev–Trinajstić information content (AvgIpc) is 3.03. The van der Waals surface area contributed by atoms with Crippen LogP contribution in [0.1, 0.15) is 32.3 Å². The predicted octanol–water partition coefficient (Wildman–Crippen LogP) is 2.07. The Balaban J connectivity index is 1.98. The van der Waals surface area contributed by atoms with Crippen LogP contribution in [0.3, 0.4) is 0 Å². The smallest absolute Gasteiger partial charge is 0.331 e. The van der Waals surface area contributed by atoms with Crippen molar-refractivity contribution in [3.05, 3.63) is 35.9 Å². The molecule has 7 nitrogen and oxygen atoms in total. The Morgan fingerprint density at radius 1 is 1.32 bits per heavy atom. The molecule has 1 aliphatic heterocycles. The normalized spacial score (nSPS) is 19.3. The molecule has 0 N–H and O–H groups in total. The SMILES string of the molecule is CC[C@@H](C)N(C(=O)COC(=O)/C=C/c1ccccc1OC)[C@@H]1CCS(=O)(=O)C1. The zero-order chi connectivity index (χ0) is 20.7. The number of esters is 1. The number of carbonyl (C=O) groups is 2. The molecule has 0 unspecified atom stereocenters. The Morgan fingerprint density at radius 2 is 2.04 bits per heavy atom. The summed E-state index contributed by atoms with van der Waals surface area (Å²) in [5.74, 6) is -0.366. The second kappa shape index (κ2) is 9.73. The van der Waals surface area contributed by atoms with E-state index in [1.54, 1.807) is 23.1 Å². The Labute approximate surface area is 166 Å². The number of benzene rings is 1. The maximum atomic E-state index is 12.6. The molecule has 1 heterocycles. The summed E-state index contributed by atoms with van der Waals surface area (Å²) in [6, 6.07) is 6.70. The highest BCUT2D eigenvalue weighted by molar-refractivity contribution is 7.91. The minimum Gasteiger partial charge on any atom is -0.496 e. The molecule has 1 amide bonds. The minimum atomic E-state index is -3.12. The molecule has 0 bridgehead atoms. The van der Waals surface area contributed by atoms with Gasteiger partial charge in [0, 0.05) is 23.7 Å². The topological polar surface area (TPSA) is 90.0 Å². The van der Waals surface area contributed by atoms with E-state index in [2.05, 4.69) is 0 Å². The number of methoxy groups -OCH3 is 1. The largest absolute Gasteiger partial charge is 0.496 e. The molecule has 0 radical (unpaired) electrons. The number of rotatable bonds is 8. The van der Waals surface area contributed by atoms with Crippen molar-refractivity contribution in [3.63, 3.8) is 0 Å². The van der Waals surface area contributed by atoms with Crippen LogP contribution in [0.5, 0.6) is 5.75 Å². The van der Waals surface area contributed by atoms with Crippen LogP contribution in [-0.4, -0.2) is 62.5 Å². The second-order valence-electron chi connectivity index (χ2n) is 6.80. The van der Waals surface area contributed by atoms with E-state index in [0.29, 0.717) is 24.2 Å². The zero-order valence-corrected chi connectivity index (χ0v) is 17.3. The predicted molar refractivity (Wildman–Crippen MR) is 107 cm³/mol. The minimum absolute atomic E-state index is 0.0370. The Kier molecular flexibility index (Phi) is 7.62. The molecular formula is C20H27NO6S. The van der Waals surface area contributed by atoms with E-state index in [1.165, 1.54) is 13.2 Å². The molecule has 1 aromatic carbocycles. The summed E-state index contributed by atoms with van der Waals surface area (Å²) >= 11 is 0. The molecule has 0 aromatic heterocycles. The third-order valence-electron chi connectivity index (χ3n) is 4.83. The Morgan fingerprint density at radius 3 is 2.64 bits per heavy atom. The van der Waals surface area contributed by atoms with Crippen LogP contribution in [-0.2, 0) is 24.2 Å². The molecule has 0 saturated carbocycles. The molecule has 1 aromatic rings. The van der Waals surface area contributed by atoms with Crippen molar-refractivity contribution in [3.8, 4) is 5.75 Å². The summed E-state index contributed by atoms with van der Waals surface area (Å²) in [7, 11) is -1.58. The molecule has 2 atom stereocenters. The van der Waals surface area contributed by atoms with Gasteiger partial charge < -0.3 is 14.4 Å². The van der Waals surface area contributed by atoms with Gasteiger partial charge >= 0.3 is 5.97 Å². The number of nitrogens with zero attached hydrogens (tertiary/aromatic N) is 1. The summed E-state index contributed by atoms with van der Waals surface area (Å²) in [6.07, 6.45) is 3.89. The molecule has 1 saturated heterocycles. The Hall–Kier alpha value is -2.35. The third kappa shape index (κ3) is 5.82. The van der Waals surface area contributed by atoms with Crippen LogP contribution in [0.15, 0.2) is 30.3 Å². The highest BCUT2D eigenvalue weighted by Crippen LogP contribution is 2.22. The van der Waals surface area contributed by atoms with Gasteiger partial charge in [-0.05, 0) is 31.9 Å². The number of amides is 1. The maximum absolute atomic E-state index is 12.6. The number of carbonyl (C=O) groups excluding carboxylic acids is 2. The fourth-order valence-electron chi connectivity index (χ4n) is 3.22. The highest BCUT2D eigenvalue weighted by atomic mass is 32.2. The van der Waals surface area contributed by atoms with E-state index in [9.17, 15) is 18.0 Å². The van der Waals surface area contributed by atoms with E-state index in [1.807, 2.05) is 26.0 Å². The van der Waals surface area contributed by atoms with Crippen LogP contribution in [0, 0.1) is 0 Å². The number of hydrogen-bond acceptors (Lipinski definition) is 6.